The van der Waals surface area contributed by atoms with Gasteiger partial charge in [0.15, 0.2) is 0 Å². The van der Waals surface area contributed by atoms with Gasteiger partial charge in [0.2, 0.25) is 0 Å². The molecule has 2 nitrogen and oxygen atoms in total. The average Bonchev–Trinajstić information content (AvgIpc) is 2.59. The highest BCUT2D eigenvalue weighted by atomic mass is 35.5. The van der Waals surface area contributed by atoms with E-state index in [1.54, 1.807) is 0 Å². The molecular formula is C16H24Cl2N2. The molecule has 0 aliphatic carbocycles. The predicted molar refractivity (Wildman–Crippen MR) is 87.6 cm³/mol. The summed E-state index contributed by atoms with van der Waals surface area (Å²) in [6, 6.07) is 6.22. The first-order chi connectivity index (χ1) is 9.38. The monoisotopic (exact) mass is 314 g/mol. The minimum Gasteiger partial charge on any atom is -0.312 e. The topological polar surface area (TPSA) is 15.3 Å². The molecule has 1 fully saturated rings. The molecule has 0 radical (unpaired) electrons. The minimum absolute atomic E-state index is 0.257. The van der Waals surface area contributed by atoms with E-state index in [1.165, 1.54) is 0 Å². The van der Waals surface area contributed by atoms with Gasteiger partial charge in [-0.05, 0) is 37.1 Å². The van der Waals surface area contributed by atoms with Gasteiger partial charge in [-0.2, -0.15) is 0 Å². The molecule has 0 aromatic heterocycles. The molecule has 1 aromatic carbocycles. The molecule has 112 valence electrons. The van der Waals surface area contributed by atoms with Crippen LogP contribution < -0.4 is 5.32 Å². The zero-order chi connectivity index (χ0) is 14.8. The molecule has 1 saturated heterocycles. The van der Waals surface area contributed by atoms with Gasteiger partial charge >= 0.3 is 0 Å². The van der Waals surface area contributed by atoms with Crippen LogP contribution in [0.5, 0.6) is 0 Å². The smallest absolute Gasteiger partial charge is 0.0465 e. The van der Waals surface area contributed by atoms with Crippen molar-refractivity contribution in [3.8, 4) is 0 Å². The Kier molecular flexibility index (Phi) is 5.36. The van der Waals surface area contributed by atoms with E-state index in [9.17, 15) is 0 Å². The number of benzene rings is 1. The van der Waals surface area contributed by atoms with Crippen molar-refractivity contribution in [2.24, 2.45) is 5.41 Å². The fraction of sp³-hybridized carbons (Fsp3) is 0.625. The van der Waals surface area contributed by atoms with E-state index in [0.717, 1.165) is 48.2 Å². The zero-order valence-corrected chi connectivity index (χ0v) is 14.1. The van der Waals surface area contributed by atoms with Crippen molar-refractivity contribution in [3.05, 3.63) is 33.8 Å². The molecular weight excluding hydrogens is 291 g/mol. The third kappa shape index (κ3) is 4.11. The van der Waals surface area contributed by atoms with Gasteiger partial charge in [-0.15, -0.1) is 0 Å². The van der Waals surface area contributed by atoms with E-state index in [-0.39, 0.29) is 5.41 Å². The SMILES string of the molecule is CC(C)(C)C1CN(Cc2c(Cl)cccc2Cl)CCCN1. The van der Waals surface area contributed by atoms with E-state index in [0.29, 0.717) is 6.04 Å². The lowest BCUT2D eigenvalue weighted by Gasteiger charge is -2.34. The predicted octanol–water partition coefficient (Wildman–Crippen LogP) is 4.20. The van der Waals surface area contributed by atoms with E-state index >= 15 is 0 Å². The number of hydrogen-bond donors (Lipinski definition) is 1. The Hall–Kier alpha value is -0.280. The number of halogens is 2. The molecule has 1 aromatic rings. The maximum absolute atomic E-state index is 6.29. The first-order valence-corrected chi connectivity index (χ1v) is 8.02. The van der Waals surface area contributed by atoms with Gasteiger partial charge in [0.1, 0.15) is 0 Å². The van der Waals surface area contributed by atoms with Gasteiger partial charge in [-0.3, -0.25) is 4.90 Å². The molecule has 0 spiro atoms. The standard InChI is InChI=1S/C16H24Cl2N2/c1-16(2,3)15-11-20(9-5-8-19-15)10-12-13(17)6-4-7-14(12)18/h4,6-7,15,19H,5,8-11H2,1-3H3. The summed E-state index contributed by atoms with van der Waals surface area (Å²) in [4.78, 5) is 2.46. The Morgan fingerprint density at radius 2 is 1.90 bits per heavy atom. The molecule has 0 bridgehead atoms. The maximum Gasteiger partial charge on any atom is 0.0465 e. The zero-order valence-electron chi connectivity index (χ0n) is 12.5. The van der Waals surface area contributed by atoms with Crippen LogP contribution in [-0.4, -0.2) is 30.6 Å². The molecule has 1 N–H and O–H groups in total. The summed E-state index contributed by atoms with van der Waals surface area (Å²) in [7, 11) is 0. The molecule has 0 amide bonds. The van der Waals surface area contributed by atoms with Crippen molar-refractivity contribution < 1.29 is 0 Å². The van der Waals surface area contributed by atoms with Gasteiger partial charge in [0, 0.05) is 34.7 Å². The summed E-state index contributed by atoms with van der Waals surface area (Å²) >= 11 is 12.6. The largest absolute Gasteiger partial charge is 0.312 e. The Labute approximate surface area is 132 Å². The summed E-state index contributed by atoms with van der Waals surface area (Å²) in [5, 5.41) is 5.19. The first kappa shape index (κ1) is 16.1. The Morgan fingerprint density at radius 1 is 1.25 bits per heavy atom. The summed E-state index contributed by atoms with van der Waals surface area (Å²) in [6.45, 7) is 10.9. The highest BCUT2D eigenvalue weighted by Gasteiger charge is 2.28. The van der Waals surface area contributed by atoms with Crippen molar-refractivity contribution in [3.63, 3.8) is 0 Å². The van der Waals surface area contributed by atoms with Crippen LogP contribution in [0.3, 0.4) is 0 Å². The van der Waals surface area contributed by atoms with Gasteiger partial charge in [0.25, 0.3) is 0 Å². The van der Waals surface area contributed by atoms with Gasteiger partial charge in [-0.1, -0.05) is 50.0 Å². The van der Waals surface area contributed by atoms with Gasteiger partial charge < -0.3 is 5.32 Å². The summed E-state index contributed by atoms with van der Waals surface area (Å²) in [5.74, 6) is 0. The molecule has 4 heteroatoms. The Morgan fingerprint density at radius 3 is 2.50 bits per heavy atom. The molecule has 2 rings (SSSR count). The van der Waals surface area contributed by atoms with Crippen LogP contribution in [-0.2, 0) is 6.54 Å². The quantitative estimate of drug-likeness (QED) is 0.880. The Balaban J connectivity index is 2.12. The second-order valence-electron chi connectivity index (χ2n) is 6.66. The minimum atomic E-state index is 0.257. The normalized spacial score (nSPS) is 21.8. The average molecular weight is 315 g/mol. The van der Waals surface area contributed by atoms with Crippen molar-refractivity contribution in [1.29, 1.82) is 0 Å². The second-order valence-corrected chi connectivity index (χ2v) is 7.48. The van der Waals surface area contributed by atoms with Crippen LogP contribution in [0, 0.1) is 5.41 Å². The fourth-order valence-electron chi connectivity index (χ4n) is 2.62. The third-order valence-corrected chi connectivity index (χ3v) is 4.68. The van der Waals surface area contributed by atoms with Crippen LogP contribution in [0.1, 0.15) is 32.8 Å². The first-order valence-electron chi connectivity index (χ1n) is 7.26. The fourth-order valence-corrected chi connectivity index (χ4v) is 3.14. The van der Waals surface area contributed by atoms with Gasteiger partial charge in [-0.25, -0.2) is 0 Å². The Bertz CT molecular complexity index is 434. The van der Waals surface area contributed by atoms with Gasteiger partial charge in [0.05, 0.1) is 0 Å². The molecule has 1 aliphatic rings. The number of hydrogen-bond acceptors (Lipinski definition) is 2. The maximum atomic E-state index is 6.29. The van der Waals surface area contributed by atoms with E-state index in [1.807, 2.05) is 18.2 Å². The van der Waals surface area contributed by atoms with E-state index < -0.39 is 0 Å². The second kappa shape index (κ2) is 6.65. The summed E-state index contributed by atoms with van der Waals surface area (Å²) in [5.41, 5.74) is 1.30. The van der Waals surface area contributed by atoms with Crippen LogP contribution in [0.4, 0.5) is 0 Å². The lowest BCUT2D eigenvalue weighted by atomic mass is 9.86. The third-order valence-electron chi connectivity index (χ3n) is 3.97. The molecule has 20 heavy (non-hydrogen) atoms. The molecule has 0 saturated carbocycles. The molecule has 1 heterocycles. The van der Waals surface area contributed by atoms with E-state index in [4.69, 9.17) is 23.2 Å². The molecule has 1 atom stereocenters. The number of rotatable bonds is 2. The van der Waals surface area contributed by atoms with Crippen LogP contribution >= 0.6 is 23.2 Å². The summed E-state index contributed by atoms with van der Waals surface area (Å²) in [6.07, 6.45) is 1.16. The highest BCUT2D eigenvalue weighted by Crippen LogP contribution is 2.27. The van der Waals surface area contributed by atoms with Crippen molar-refractivity contribution in [1.82, 2.24) is 10.2 Å². The number of nitrogens with zero attached hydrogens (tertiary/aromatic N) is 1. The van der Waals surface area contributed by atoms with Crippen LogP contribution in [0.2, 0.25) is 10.0 Å². The van der Waals surface area contributed by atoms with Crippen molar-refractivity contribution >= 4 is 23.2 Å². The number of nitrogens with one attached hydrogen (secondary N) is 1. The van der Waals surface area contributed by atoms with Crippen molar-refractivity contribution in [2.75, 3.05) is 19.6 Å². The molecule has 1 unspecified atom stereocenters. The highest BCUT2D eigenvalue weighted by molar-refractivity contribution is 6.35. The van der Waals surface area contributed by atoms with Crippen LogP contribution in [0.25, 0.3) is 0 Å². The van der Waals surface area contributed by atoms with Crippen LogP contribution in [0.15, 0.2) is 18.2 Å². The lowest BCUT2D eigenvalue weighted by Crippen LogP contribution is -2.46. The summed E-state index contributed by atoms with van der Waals surface area (Å²) < 4.78 is 0. The van der Waals surface area contributed by atoms with Crippen molar-refractivity contribution in [2.45, 2.75) is 39.8 Å². The van der Waals surface area contributed by atoms with E-state index in [2.05, 4.69) is 31.0 Å². The molecule has 1 aliphatic heterocycles. The lowest BCUT2D eigenvalue weighted by molar-refractivity contribution is 0.192.